The van der Waals surface area contributed by atoms with E-state index in [1.807, 2.05) is 18.2 Å². The van der Waals surface area contributed by atoms with Crippen molar-refractivity contribution < 1.29 is 0 Å². The molecule has 0 aromatic carbocycles. The van der Waals surface area contributed by atoms with Crippen molar-refractivity contribution in [1.82, 2.24) is 24.7 Å². The lowest BCUT2D eigenvalue weighted by Gasteiger charge is -2.32. The van der Waals surface area contributed by atoms with Crippen LogP contribution in [0.2, 0.25) is 0 Å². The summed E-state index contributed by atoms with van der Waals surface area (Å²) in [5, 5.41) is 2.31. The number of nitrogens with zero attached hydrogens (tertiary/aromatic N) is 4. The van der Waals surface area contributed by atoms with Crippen molar-refractivity contribution >= 4 is 5.65 Å². The van der Waals surface area contributed by atoms with E-state index in [4.69, 9.17) is 0 Å². The lowest BCUT2D eigenvalue weighted by atomic mass is 10.3. The van der Waals surface area contributed by atoms with Crippen LogP contribution in [0.4, 0.5) is 0 Å². The summed E-state index contributed by atoms with van der Waals surface area (Å²) in [5.74, 6) is 0. The maximum Gasteiger partial charge on any atom is 0.137 e. The molecular weight excluding hydrogens is 238 g/mol. The van der Waals surface area contributed by atoms with Gasteiger partial charge in [0.2, 0.25) is 0 Å². The van der Waals surface area contributed by atoms with Gasteiger partial charge in [0, 0.05) is 32.4 Å². The highest BCUT2D eigenvalue weighted by molar-refractivity contribution is 5.42. The first-order chi connectivity index (χ1) is 9.24. The van der Waals surface area contributed by atoms with Gasteiger partial charge in [-0.15, -0.1) is 0 Å². The minimum Gasteiger partial charge on any atom is -0.304 e. The largest absolute Gasteiger partial charge is 0.304 e. The molecule has 2 aromatic heterocycles. The van der Waals surface area contributed by atoms with Crippen molar-refractivity contribution in [2.45, 2.75) is 13.5 Å². The average molecular weight is 259 g/mol. The number of imidazole rings is 1. The Morgan fingerprint density at radius 2 is 2.00 bits per heavy atom. The number of hydrogen-bond donors (Lipinski definition) is 1. The summed E-state index contributed by atoms with van der Waals surface area (Å²) >= 11 is 0. The Hall–Kier alpha value is -1.43. The van der Waals surface area contributed by atoms with Gasteiger partial charge in [-0.1, -0.05) is 6.07 Å². The zero-order valence-electron chi connectivity index (χ0n) is 11.6. The topological polar surface area (TPSA) is 35.8 Å². The van der Waals surface area contributed by atoms with Crippen molar-refractivity contribution in [3.05, 3.63) is 35.8 Å². The quantitative estimate of drug-likeness (QED) is 0.888. The molecule has 0 amide bonds. The maximum atomic E-state index is 4.59. The van der Waals surface area contributed by atoms with E-state index in [1.54, 1.807) is 0 Å². The fraction of sp³-hybridized carbons (Fsp3) is 0.500. The maximum absolute atomic E-state index is 4.59. The molecule has 5 nitrogen and oxygen atoms in total. The van der Waals surface area contributed by atoms with Gasteiger partial charge in [-0.3, -0.25) is 0 Å². The summed E-state index contributed by atoms with van der Waals surface area (Å²) < 4.78 is 2.17. The van der Waals surface area contributed by atoms with Gasteiger partial charge in [0.05, 0.1) is 17.9 Å². The Bertz CT molecular complexity index is 554. The van der Waals surface area contributed by atoms with Crippen molar-refractivity contribution in [2.24, 2.45) is 0 Å². The van der Waals surface area contributed by atoms with Crippen LogP contribution in [0.3, 0.4) is 0 Å². The molecule has 19 heavy (non-hydrogen) atoms. The zero-order valence-corrected chi connectivity index (χ0v) is 11.6. The molecule has 3 heterocycles. The fourth-order valence-corrected chi connectivity index (χ4v) is 2.53. The first kappa shape index (κ1) is 12.6. The van der Waals surface area contributed by atoms with E-state index in [0.717, 1.165) is 44.1 Å². The average Bonchev–Trinajstić information content (AvgIpc) is 2.74. The number of aryl methyl sites for hydroxylation is 1. The number of fused-ring (bicyclic) bond motifs is 1. The second kappa shape index (κ2) is 5.28. The number of hydrazine groups is 1. The van der Waals surface area contributed by atoms with Crippen molar-refractivity contribution in [2.75, 3.05) is 33.2 Å². The number of piperazine rings is 1. The summed E-state index contributed by atoms with van der Waals surface area (Å²) in [6.07, 6.45) is 2.08. The van der Waals surface area contributed by atoms with Crippen LogP contribution < -0.4 is 5.43 Å². The van der Waals surface area contributed by atoms with E-state index >= 15 is 0 Å². The normalized spacial score (nSPS) is 18.2. The number of likely N-dealkylation sites (N-methyl/N-ethyl adjacent to an activating group) is 1. The van der Waals surface area contributed by atoms with E-state index in [9.17, 15) is 0 Å². The molecule has 1 N–H and O–H groups in total. The highest BCUT2D eigenvalue weighted by Crippen LogP contribution is 2.11. The summed E-state index contributed by atoms with van der Waals surface area (Å²) in [7, 11) is 2.17. The third-order valence-corrected chi connectivity index (χ3v) is 3.80. The van der Waals surface area contributed by atoms with E-state index in [0.29, 0.717) is 0 Å². The molecule has 0 spiro atoms. The summed E-state index contributed by atoms with van der Waals surface area (Å²) in [4.78, 5) is 6.94. The fourth-order valence-electron chi connectivity index (χ4n) is 2.53. The molecule has 1 fully saturated rings. The third kappa shape index (κ3) is 2.63. The minimum absolute atomic E-state index is 0.834. The van der Waals surface area contributed by atoms with Gasteiger partial charge in [0.1, 0.15) is 5.65 Å². The van der Waals surface area contributed by atoms with Gasteiger partial charge in [0.15, 0.2) is 0 Å². The van der Waals surface area contributed by atoms with Gasteiger partial charge in [0.25, 0.3) is 0 Å². The molecule has 1 aliphatic heterocycles. The lowest BCUT2D eigenvalue weighted by Crippen LogP contribution is -2.50. The van der Waals surface area contributed by atoms with Gasteiger partial charge >= 0.3 is 0 Å². The highest BCUT2D eigenvalue weighted by Gasteiger charge is 2.14. The molecule has 1 saturated heterocycles. The van der Waals surface area contributed by atoms with E-state index in [2.05, 4.69) is 44.9 Å². The summed E-state index contributed by atoms with van der Waals surface area (Å²) in [5.41, 5.74) is 6.90. The first-order valence-electron chi connectivity index (χ1n) is 6.83. The van der Waals surface area contributed by atoms with Gasteiger partial charge in [-0.2, -0.15) is 0 Å². The van der Waals surface area contributed by atoms with Crippen LogP contribution >= 0.6 is 0 Å². The van der Waals surface area contributed by atoms with E-state index in [1.165, 1.54) is 5.69 Å². The Labute approximate surface area is 113 Å². The van der Waals surface area contributed by atoms with Crippen LogP contribution in [-0.2, 0) is 6.54 Å². The van der Waals surface area contributed by atoms with Gasteiger partial charge < -0.3 is 9.30 Å². The SMILES string of the molecule is Cc1nc2ccccn2c1CNN1CCN(C)CC1. The van der Waals surface area contributed by atoms with Crippen LogP contribution in [0.5, 0.6) is 0 Å². The minimum atomic E-state index is 0.834. The smallest absolute Gasteiger partial charge is 0.137 e. The third-order valence-electron chi connectivity index (χ3n) is 3.80. The highest BCUT2D eigenvalue weighted by atomic mass is 15.5. The van der Waals surface area contributed by atoms with Crippen LogP contribution in [0.1, 0.15) is 11.4 Å². The lowest BCUT2D eigenvalue weighted by molar-refractivity contribution is 0.101. The molecule has 0 saturated carbocycles. The molecule has 0 unspecified atom stereocenters. The van der Waals surface area contributed by atoms with Crippen LogP contribution in [0, 0.1) is 6.92 Å². The van der Waals surface area contributed by atoms with Crippen molar-refractivity contribution in [3.8, 4) is 0 Å². The van der Waals surface area contributed by atoms with Crippen LogP contribution in [0.15, 0.2) is 24.4 Å². The molecule has 102 valence electrons. The predicted molar refractivity (Wildman–Crippen MR) is 75.8 cm³/mol. The number of pyridine rings is 1. The molecule has 0 radical (unpaired) electrons. The molecule has 3 rings (SSSR count). The Morgan fingerprint density at radius 1 is 1.21 bits per heavy atom. The number of aromatic nitrogens is 2. The zero-order chi connectivity index (χ0) is 13.2. The molecule has 0 aliphatic carbocycles. The number of hydrogen-bond acceptors (Lipinski definition) is 4. The van der Waals surface area contributed by atoms with Crippen LogP contribution in [-0.4, -0.2) is 52.5 Å². The monoisotopic (exact) mass is 259 g/mol. The number of nitrogens with one attached hydrogen (secondary N) is 1. The molecular formula is C14H21N5. The standard InChI is InChI=1S/C14H21N5/c1-12-13(19-6-4-3-5-14(19)16-12)11-15-18-9-7-17(2)8-10-18/h3-6,15H,7-11H2,1-2H3. The predicted octanol–water partition coefficient (Wildman–Crippen LogP) is 0.895. The Balaban J connectivity index is 1.70. The first-order valence-corrected chi connectivity index (χ1v) is 6.83. The molecule has 0 atom stereocenters. The molecule has 2 aromatic rings. The van der Waals surface area contributed by atoms with E-state index < -0.39 is 0 Å². The van der Waals surface area contributed by atoms with Gasteiger partial charge in [-0.05, 0) is 26.1 Å². The summed E-state index contributed by atoms with van der Waals surface area (Å²) in [6, 6.07) is 6.12. The second-order valence-corrected chi connectivity index (χ2v) is 5.20. The summed E-state index contributed by atoms with van der Waals surface area (Å²) in [6.45, 7) is 7.31. The van der Waals surface area contributed by atoms with E-state index in [-0.39, 0.29) is 0 Å². The molecule has 1 aliphatic rings. The number of rotatable bonds is 3. The molecule has 5 heteroatoms. The van der Waals surface area contributed by atoms with Crippen molar-refractivity contribution in [1.29, 1.82) is 0 Å². The Kier molecular flexibility index (Phi) is 3.50. The van der Waals surface area contributed by atoms with Crippen molar-refractivity contribution in [3.63, 3.8) is 0 Å². The van der Waals surface area contributed by atoms with Crippen LogP contribution in [0.25, 0.3) is 5.65 Å². The second-order valence-electron chi connectivity index (χ2n) is 5.20. The molecule has 0 bridgehead atoms. The Morgan fingerprint density at radius 3 is 2.79 bits per heavy atom. The van der Waals surface area contributed by atoms with Gasteiger partial charge in [-0.25, -0.2) is 15.4 Å².